The van der Waals surface area contributed by atoms with Gasteiger partial charge in [-0.25, -0.2) is 0 Å². The number of hydrogen-bond donors (Lipinski definition) is 0. The summed E-state index contributed by atoms with van der Waals surface area (Å²) >= 11 is 0. The molecule has 0 radical (unpaired) electrons. The van der Waals surface area contributed by atoms with E-state index in [2.05, 4.69) is 11.1 Å². The highest BCUT2D eigenvalue weighted by Crippen LogP contribution is 2.36. The fourth-order valence-electron chi connectivity index (χ4n) is 4.16. The molecule has 0 saturated carbocycles. The first-order valence-electron chi connectivity index (χ1n) is 12.1. The van der Waals surface area contributed by atoms with Gasteiger partial charge in [0.2, 0.25) is 0 Å². The molecule has 0 atom stereocenters. The van der Waals surface area contributed by atoms with Crippen LogP contribution in [0.15, 0.2) is 52.3 Å². The van der Waals surface area contributed by atoms with Gasteiger partial charge < -0.3 is 0 Å². The van der Waals surface area contributed by atoms with E-state index in [9.17, 15) is 16.8 Å². The largest absolute Gasteiger partial charge is 0.298 e. The topological polar surface area (TPSA) is 86.7 Å². The number of hydrogen-bond acceptors (Lipinski definition) is 6. The van der Waals surface area contributed by atoms with Crippen molar-refractivity contribution in [2.24, 2.45) is 0 Å². The second kappa shape index (κ2) is 14.0. The molecule has 0 bridgehead atoms. The minimum Gasteiger partial charge on any atom is -0.270 e. The Balaban J connectivity index is 2.19. The van der Waals surface area contributed by atoms with E-state index < -0.39 is 30.0 Å². The van der Waals surface area contributed by atoms with E-state index in [1.54, 1.807) is 6.07 Å². The Bertz CT molecular complexity index is 1110. The predicted molar refractivity (Wildman–Crippen MR) is 136 cm³/mol. The van der Waals surface area contributed by atoms with Gasteiger partial charge in [0, 0.05) is 5.56 Å². The van der Waals surface area contributed by atoms with E-state index in [-0.39, 0.29) is 0 Å². The average molecular weight is 511 g/mol. The Kier molecular flexibility index (Phi) is 11.7. The number of benzene rings is 2. The van der Waals surface area contributed by atoms with Crippen molar-refractivity contribution in [3.8, 4) is 11.1 Å². The van der Waals surface area contributed by atoms with Gasteiger partial charge in [-0.2, -0.15) is 16.8 Å². The van der Waals surface area contributed by atoms with Crippen molar-refractivity contribution in [3.63, 3.8) is 0 Å². The molecule has 34 heavy (non-hydrogen) atoms. The lowest BCUT2D eigenvalue weighted by Crippen LogP contribution is -2.13. The van der Waals surface area contributed by atoms with E-state index in [1.807, 2.05) is 24.3 Å². The molecule has 0 spiro atoms. The lowest BCUT2D eigenvalue weighted by Gasteiger charge is -2.16. The highest BCUT2D eigenvalue weighted by molar-refractivity contribution is 7.90. The third kappa shape index (κ3) is 7.90. The van der Waals surface area contributed by atoms with Gasteiger partial charge >= 0.3 is 0 Å². The van der Waals surface area contributed by atoms with Gasteiger partial charge in [0.05, 0.1) is 14.2 Å². The van der Waals surface area contributed by atoms with Crippen molar-refractivity contribution in [3.05, 3.63) is 48.0 Å². The molecule has 0 fully saturated rings. The van der Waals surface area contributed by atoms with E-state index in [0.29, 0.717) is 11.1 Å². The zero-order valence-electron chi connectivity index (χ0n) is 20.6. The summed E-state index contributed by atoms with van der Waals surface area (Å²) < 4.78 is 59.9. The molecule has 2 aromatic carbocycles. The van der Waals surface area contributed by atoms with Crippen molar-refractivity contribution in [2.75, 3.05) is 14.2 Å². The van der Waals surface area contributed by atoms with Gasteiger partial charge in [-0.15, -0.1) is 0 Å². The predicted octanol–water partition coefficient (Wildman–Crippen LogP) is 6.49. The minimum atomic E-state index is -4.32. The first kappa shape index (κ1) is 28.5. The standard InChI is InChI=1S/C26H38O6S2/c1-4-5-6-7-8-9-10-11-12-13-17-22-18-14-15-19-23(22)24-20-16-21-25(33(27,28)31-2)26(24)34(29,30)32-3/h14-16,18-21H,4-13,17H2,1-3H3. The summed E-state index contributed by atoms with van der Waals surface area (Å²) in [6, 6.07) is 11.9. The molecule has 0 heterocycles. The highest BCUT2D eigenvalue weighted by atomic mass is 32.2. The Hall–Kier alpha value is -1.74. The van der Waals surface area contributed by atoms with Crippen LogP contribution < -0.4 is 0 Å². The molecule has 8 heteroatoms. The number of unbranched alkanes of at least 4 members (excludes halogenated alkanes) is 9. The number of rotatable bonds is 16. The van der Waals surface area contributed by atoms with Gasteiger partial charge in [-0.1, -0.05) is 101 Å². The van der Waals surface area contributed by atoms with Crippen LogP contribution in [0.4, 0.5) is 0 Å². The fourth-order valence-corrected chi connectivity index (χ4v) is 6.46. The molecular formula is C26H38O6S2. The fraction of sp³-hybridized carbons (Fsp3) is 0.538. The molecule has 0 saturated heterocycles. The SMILES string of the molecule is CCCCCCCCCCCCc1ccccc1-c1cccc(S(=O)(=O)OC)c1S(=O)(=O)OC. The van der Waals surface area contributed by atoms with Crippen LogP contribution >= 0.6 is 0 Å². The van der Waals surface area contributed by atoms with Crippen LogP contribution in [0.2, 0.25) is 0 Å². The van der Waals surface area contributed by atoms with Crippen LogP contribution in [0.1, 0.15) is 76.7 Å². The zero-order chi connectivity index (χ0) is 25.0. The van der Waals surface area contributed by atoms with Gasteiger partial charge in [0.1, 0.15) is 9.79 Å². The van der Waals surface area contributed by atoms with Gasteiger partial charge in [0.15, 0.2) is 0 Å². The smallest absolute Gasteiger partial charge is 0.270 e. The summed E-state index contributed by atoms with van der Waals surface area (Å²) in [7, 11) is -6.56. The van der Waals surface area contributed by atoms with Crippen molar-refractivity contribution in [2.45, 2.75) is 87.3 Å². The maximum Gasteiger partial charge on any atom is 0.298 e. The van der Waals surface area contributed by atoms with E-state index >= 15 is 0 Å². The summed E-state index contributed by atoms with van der Waals surface area (Å²) in [5.41, 5.74) is 1.95. The van der Waals surface area contributed by atoms with Crippen molar-refractivity contribution in [1.29, 1.82) is 0 Å². The molecule has 0 aromatic heterocycles. The molecule has 6 nitrogen and oxygen atoms in total. The Morgan fingerprint density at radius 1 is 0.618 bits per heavy atom. The monoisotopic (exact) mass is 510 g/mol. The summed E-state index contributed by atoms with van der Waals surface area (Å²) in [5, 5.41) is 0. The summed E-state index contributed by atoms with van der Waals surface area (Å²) in [5.74, 6) is 0. The second-order valence-electron chi connectivity index (χ2n) is 8.46. The molecule has 0 aliphatic rings. The first-order valence-corrected chi connectivity index (χ1v) is 14.9. The molecule has 0 aliphatic heterocycles. The van der Waals surface area contributed by atoms with Crippen LogP contribution in [-0.4, -0.2) is 31.1 Å². The highest BCUT2D eigenvalue weighted by Gasteiger charge is 2.30. The van der Waals surface area contributed by atoms with Crippen LogP contribution in [0.3, 0.4) is 0 Å². The molecule has 0 amide bonds. The minimum absolute atomic E-state index is 0.294. The normalized spacial score (nSPS) is 12.2. The molecule has 2 rings (SSSR count). The summed E-state index contributed by atoms with van der Waals surface area (Å²) in [4.78, 5) is -0.821. The van der Waals surface area contributed by atoms with Crippen LogP contribution in [0.5, 0.6) is 0 Å². The van der Waals surface area contributed by atoms with E-state index in [0.717, 1.165) is 39.0 Å². The molecule has 0 aliphatic carbocycles. The molecular weight excluding hydrogens is 472 g/mol. The van der Waals surface area contributed by atoms with Gasteiger partial charge in [-0.05, 0) is 30.0 Å². The maximum atomic E-state index is 12.8. The van der Waals surface area contributed by atoms with Gasteiger partial charge in [-0.3, -0.25) is 8.37 Å². The van der Waals surface area contributed by atoms with Crippen LogP contribution in [-0.2, 0) is 35.0 Å². The lowest BCUT2D eigenvalue weighted by molar-refractivity contribution is 0.386. The Morgan fingerprint density at radius 2 is 1.15 bits per heavy atom. The van der Waals surface area contributed by atoms with Crippen LogP contribution in [0, 0.1) is 0 Å². The Morgan fingerprint density at radius 3 is 1.74 bits per heavy atom. The van der Waals surface area contributed by atoms with E-state index in [1.165, 1.54) is 63.5 Å². The van der Waals surface area contributed by atoms with Crippen LogP contribution in [0.25, 0.3) is 11.1 Å². The van der Waals surface area contributed by atoms with Crippen molar-refractivity contribution >= 4 is 20.2 Å². The Labute approximate surface area is 205 Å². The van der Waals surface area contributed by atoms with E-state index in [4.69, 9.17) is 4.18 Å². The lowest BCUT2D eigenvalue weighted by atomic mass is 9.95. The molecule has 2 aromatic rings. The van der Waals surface area contributed by atoms with Crippen molar-refractivity contribution in [1.82, 2.24) is 0 Å². The number of aryl methyl sites for hydroxylation is 1. The summed E-state index contributed by atoms with van der Waals surface area (Å²) in [6.45, 7) is 2.23. The first-order chi connectivity index (χ1) is 16.3. The zero-order valence-corrected chi connectivity index (χ0v) is 22.2. The van der Waals surface area contributed by atoms with Crippen molar-refractivity contribution < 1.29 is 25.2 Å². The molecule has 0 N–H and O–H groups in total. The third-order valence-electron chi connectivity index (χ3n) is 6.04. The molecule has 190 valence electrons. The van der Waals surface area contributed by atoms with Gasteiger partial charge in [0.25, 0.3) is 20.2 Å². The quantitative estimate of drug-likeness (QED) is 0.190. The summed E-state index contributed by atoms with van der Waals surface area (Å²) in [6.07, 6.45) is 13.1. The third-order valence-corrected chi connectivity index (χ3v) is 8.87. The average Bonchev–Trinajstić information content (AvgIpc) is 2.85. The molecule has 0 unspecified atom stereocenters. The maximum absolute atomic E-state index is 12.8. The second-order valence-corrected chi connectivity index (χ2v) is 11.8.